The van der Waals surface area contributed by atoms with Crippen molar-refractivity contribution < 1.29 is 9.90 Å². The summed E-state index contributed by atoms with van der Waals surface area (Å²) in [5.41, 5.74) is 2.40. The van der Waals surface area contributed by atoms with E-state index in [1.165, 1.54) is 0 Å². The molecule has 0 spiro atoms. The third-order valence-electron chi connectivity index (χ3n) is 3.73. The Bertz CT molecular complexity index is 460. The maximum absolute atomic E-state index is 12.1. The Hall–Kier alpha value is -1.36. The van der Waals surface area contributed by atoms with Gasteiger partial charge in [0, 0.05) is 17.8 Å². The van der Waals surface area contributed by atoms with Gasteiger partial charge >= 0.3 is 0 Å². The Kier molecular flexibility index (Phi) is 3.94. The molecule has 1 atom stereocenters. The molecular formula is C14H23N3O2. The number of carbonyl (C=O) groups is 1. The van der Waals surface area contributed by atoms with Crippen molar-refractivity contribution in [2.75, 3.05) is 6.54 Å². The van der Waals surface area contributed by atoms with Gasteiger partial charge in [0.25, 0.3) is 5.91 Å². The number of rotatable bonds is 3. The fourth-order valence-electron chi connectivity index (χ4n) is 2.25. The molecular weight excluding hydrogens is 242 g/mol. The normalized spacial score (nSPS) is 16.8. The van der Waals surface area contributed by atoms with Gasteiger partial charge in [-0.15, -0.1) is 0 Å². The second-order valence-electron chi connectivity index (χ2n) is 6.33. The van der Waals surface area contributed by atoms with E-state index in [1.54, 1.807) is 0 Å². The molecule has 2 rings (SSSR count). The van der Waals surface area contributed by atoms with Gasteiger partial charge in [-0.2, -0.15) is 5.10 Å². The number of aromatic nitrogens is 2. The van der Waals surface area contributed by atoms with Gasteiger partial charge in [-0.3, -0.25) is 9.89 Å². The molecule has 0 bridgehead atoms. The lowest BCUT2D eigenvalue weighted by molar-refractivity contribution is 0.0585. The van der Waals surface area contributed by atoms with Crippen LogP contribution in [0.3, 0.4) is 0 Å². The zero-order chi connectivity index (χ0) is 14.0. The molecule has 5 heteroatoms. The van der Waals surface area contributed by atoms with Crippen LogP contribution in [0.5, 0.6) is 0 Å². The topological polar surface area (TPSA) is 78.0 Å². The molecule has 1 aromatic heterocycles. The van der Waals surface area contributed by atoms with Gasteiger partial charge in [0.2, 0.25) is 0 Å². The SMILES string of the molecule is CC(C)(C)C(O)CNC(=O)c1n[nH]c2c1CCCC2. The largest absolute Gasteiger partial charge is 0.391 e. The molecule has 1 unspecified atom stereocenters. The van der Waals surface area contributed by atoms with E-state index in [-0.39, 0.29) is 17.9 Å². The fraction of sp³-hybridized carbons (Fsp3) is 0.714. The minimum Gasteiger partial charge on any atom is -0.391 e. The van der Waals surface area contributed by atoms with Gasteiger partial charge in [-0.25, -0.2) is 0 Å². The van der Waals surface area contributed by atoms with Crippen LogP contribution in [0.1, 0.15) is 55.4 Å². The Labute approximate surface area is 113 Å². The predicted molar refractivity (Wildman–Crippen MR) is 73.0 cm³/mol. The number of nitrogens with one attached hydrogen (secondary N) is 2. The number of hydrogen-bond donors (Lipinski definition) is 3. The van der Waals surface area contributed by atoms with Gasteiger partial charge in [0.15, 0.2) is 5.69 Å². The Morgan fingerprint density at radius 1 is 1.42 bits per heavy atom. The quantitative estimate of drug-likeness (QED) is 0.773. The lowest BCUT2D eigenvalue weighted by Crippen LogP contribution is -2.39. The van der Waals surface area contributed by atoms with Crippen molar-refractivity contribution in [3.63, 3.8) is 0 Å². The molecule has 1 aliphatic carbocycles. The number of amides is 1. The average molecular weight is 265 g/mol. The lowest BCUT2D eigenvalue weighted by atomic mass is 9.89. The predicted octanol–water partition coefficient (Wildman–Crippen LogP) is 1.43. The molecule has 0 saturated heterocycles. The first-order valence-electron chi connectivity index (χ1n) is 6.92. The van der Waals surface area contributed by atoms with E-state index in [0.29, 0.717) is 5.69 Å². The van der Waals surface area contributed by atoms with E-state index < -0.39 is 6.10 Å². The van der Waals surface area contributed by atoms with Crippen molar-refractivity contribution in [1.29, 1.82) is 0 Å². The van der Waals surface area contributed by atoms with Crippen LogP contribution in [0.15, 0.2) is 0 Å². The molecule has 0 fully saturated rings. The summed E-state index contributed by atoms with van der Waals surface area (Å²) in [6.07, 6.45) is 3.58. The van der Waals surface area contributed by atoms with Crippen LogP contribution in [-0.2, 0) is 12.8 Å². The summed E-state index contributed by atoms with van der Waals surface area (Å²) in [5.74, 6) is -0.192. The molecule has 19 heavy (non-hydrogen) atoms. The zero-order valence-corrected chi connectivity index (χ0v) is 11.9. The molecule has 0 radical (unpaired) electrons. The molecule has 1 heterocycles. The third-order valence-corrected chi connectivity index (χ3v) is 3.73. The maximum Gasteiger partial charge on any atom is 0.272 e. The molecule has 1 aliphatic rings. The van der Waals surface area contributed by atoms with Gasteiger partial charge in [0.05, 0.1) is 6.10 Å². The highest BCUT2D eigenvalue weighted by Crippen LogP contribution is 2.22. The molecule has 5 nitrogen and oxygen atoms in total. The van der Waals surface area contributed by atoms with E-state index in [1.807, 2.05) is 20.8 Å². The summed E-state index contributed by atoms with van der Waals surface area (Å²) < 4.78 is 0. The van der Waals surface area contributed by atoms with Crippen molar-refractivity contribution in [2.24, 2.45) is 5.41 Å². The van der Waals surface area contributed by atoms with Crippen molar-refractivity contribution in [1.82, 2.24) is 15.5 Å². The summed E-state index contributed by atoms with van der Waals surface area (Å²) in [6.45, 7) is 6.09. The summed E-state index contributed by atoms with van der Waals surface area (Å²) in [5, 5.41) is 19.8. The van der Waals surface area contributed by atoms with E-state index in [9.17, 15) is 9.90 Å². The van der Waals surface area contributed by atoms with Gasteiger partial charge in [0.1, 0.15) is 0 Å². The minimum atomic E-state index is -0.564. The van der Waals surface area contributed by atoms with E-state index in [2.05, 4.69) is 15.5 Å². The molecule has 0 saturated carbocycles. The lowest BCUT2D eigenvalue weighted by Gasteiger charge is -2.25. The minimum absolute atomic E-state index is 0.192. The smallest absolute Gasteiger partial charge is 0.272 e. The van der Waals surface area contributed by atoms with Gasteiger partial charge < -0.3 is 10.4 Å². The van der Waals surface area contributed by atoms with Crippen LogP contribution in [-0.4, -0.2) is 33.9 Å². The van der Waals surface area contributed by atoms with Crippen molar-refractivity contribution in [3.05, 3.63) is 17.0 Å². The molecule has 1 aromatic rings. The van der Waals surface area contributed by atoms with Crippen LogP contribution in [0.4, 0.5) is 0 Å². The van der Waals surface area contributed by atoms with Crippen LogP contribution in [0.25, 0.3) is 0 Å². The summed E-state index contributed by atoms with van der Waals surface area (Å²) in [4.78, 5) is 12.1. The van der Waals surface area contributed by atoms with E-state index in [0.717, 1.165) is 36.9 Å². The van der Waals surface area contributed by atoms with Crippen LogP contribution >= 0.6 is 0 Å². The number of aliphatic hydroxyl groups is 1. The van der Waals surface area contributed by atoms with Crippen LogP contribution in [0, 0.1) is 5.41 Å². The number of carbonyl (C=O) groups excluding carboxylic acids is 1. The maximum atomic E-state index is 12.1. The van der Waals surface area contributed by atoms with Crippen molar-refractivity contribution in [2.45, 2.75) is 52.6 Å². The first-order chi connectivity index (χ1) is 8.89. The number of aryl methyl sites for hydroxylation is 1. The van der Waals surface area contributed by atoms with Crippen molar-refractivity contribution >= 4 is 5.91 Å². The molecule has 3 N–H and O–H groups in total. The van der Waals surface area contributed by atoms with Crippen LogP contribution < -0.4 is 5.32 Å². The fourth-order valence-corrected chi connectivity index (χ4v) is 2.25. The number of fused-ring (bicyclic) bond motifs is 1. The second-order valence-corrected chi connectivity index (χ2v) is 6.33. The number of nitrogens with zero attached hydrogens (tertiary/aromatic N) is 1. The van der Waals surface area contributed by atoms with Gasteiger partial charge in [-0.1, -0.05) is 20.8 Å². The molecule has 0 aliphatic heterocycles. The van der Waals surface area contributed by atoms with Crippen molar-refractivity contribution in [3.8, 4) is 0 Å². The van der Waals surface area contributed by atoms with E-state index >= 15 is 0 Å². The monoisotopic (exact) mass is 265 g/mol. The summed E-state index contributed by atoms with van der Waals surface area (Å²) in [6, 6.07) is 0. The van der Waals surface area contributed by atoms with Crippen LogP contribution in [0.2, 0.25) is 0 Å². The highest BCUT2D eigenvalue weighted by molar-refractivity contribution is 5.94. The number of aliphatic hydroxyl groups excluding tert-OH is 1. The molecule has 106 valence electrons. The zero-order valence-electron chi connectivity index (χ0n) is 11.9. The van der Waals surface area contributed by atoms with Gasteiger partial charge in [-0.05, 0) is 31.1 Å². The molecule has 0 aromatic carbocycles. The Morgan fingerprint density at radius 3 is 2.79 bits per heavy atom. The summed E-state index contributed by atoms with van der Waals surface area (Å²) in [7, 11) is 0. The van der Waals surface area contributed by atoms with E-state index in [4.69, 9.17) is 0 Å². The number of aromatic amines is 1. The standard InChI is InChI=1S/C14H23N3O2/c1-14(2,3)11(18)8-15-13(19)12-9-6-4-5-7-10(9)16-17-12/h11,18H,4-8H2,1-3H3,(H,15,19)(H,16,17). The first kappa shape index (κ1) is 14.1. The number of H-pyrrole nitrogens is 1. The first-order valence-corrected chi connectivity index (χ1v) is 6.92. The Morgan fingerprint density at radius 2 is 2.11 bits per heavy atom. The average Bonchev–Trinajstić information content (AvgIpc) is 2.78. The molecule has 1 amide bonds. The highest BCUT2D eigenvalue weighted by atomic mass is 16.3. The highest BCUT2D eigenvalue weighted by Gasteiger charge is 2.25. The Balaban J connectivity index is 1.99. The third kappa shape index (κ3) is 3.15. The second kappa shape index (κ2) is 5.33. The number of hydrogen-bond acceptors (Lipinski definition) is 3. The summed E-state index contributed by atoms with van der Waals surface area (Å²) >= 11 is 0.